The Balaban J connectivity index is 1.87. The van der Waals surface area contributed by atoms with Gasteiger partial charge in [0.1, 0.15) is 0 Å². The molecule has 2 aliphatic rings. The van der Waals surface area contributed by atoms with Gasteiger partial charge in [0, 0.05) is 6.04 Å². The summed E-state index contributed by atoms with van der Waals surface area (Å²) >= 11 is 6.08. The molecule has 0 spiro atoms. The maximum atomic E-state index is 12.7. The van der Waals surface area contributed by atoms with Crippen molar-refractivity contribution in [1.29, 1.82) is 0 Å². The van der Waals surface area contributed by atoms with E-state index in [9.17, 15) is 21.6 Å². The summed E-state index contributed by atoms with van der Waals surface area (Å²) in [6.07, 6.45) is 4.01. The Morgan fingerprint density at radius 3 is 2.44 bits per heavy atom. The zero-order valence-corrected chi connectivity index (χ0v) is 16.0. The van der Waals surface area contributed by atoms with Gasteiger partial charge in [-0.15, -0.1) is 0 Å². The van der Waals surface area contributed by atoms with Crippen LogP contribution in [-0.4, -0.2) is 45.5 Å². The topological polar surface area (TPSA) is 97.4 Å². The summed E-state index contributed by atoms with van der Waals surface area (Å²) in [5.74, 6) is -0.894. The molecular formula is C16H20ClNO5S2. The molecule has 1 aromatic carbocycles. The highest BCUT2D eigenvalue weighted by Gasteiger charge is 2.38. The van der Waals surface area contributed by atoms with Crippen LogP contribution in [0.2, 0.25) is 5.02 Å². The standard InChI is InChI=1S/C16H20ClNO5S2/c17-15-6-5-12(25(22,23)13-7-8-24(20,21)10-13)9-14(15)16(19)18-11-3-1-2-4-11/h5-6,9,11,13H,1-4,7-8,10H2,(H,18,19). The normalized spacial score (nSPS) is 23.6. The van der Waals surface area contributed by atoms with E-state index in [4.69, 9.17) is 11.6 Å². The second-order valence-corrected chi connectivity index (χ2v) is 11.5. The molecule has 1 saturated heterocycles. The Labute approximate surface area is 152 Å². The lowest BCUT2D eigenvalue weighted by Gasteiger charge is -2.15. The lowest BCUT2D eigenvalue weighted by atomic mass is 10.2. The summed E-state index contributed by atoms with van der Waals surface area (Å²) in [6, 6.07) is 4.05. The fourth-order valence-electron chi connectivity index (χ4n) is 3.39. The SMILES string of the molecule is O=C(NC1CCCC1)c1cc(S(=O)(=O)C2CCS(=O)(=O)C2)ccc1Cl. The maximum Gasteiger partial charge on any atom is 0.253 e. The molecule has 1 aliphatic heterocycles. The van der Waals surface area contributed by atoms with E-state index in [1.165, 1.54) is 18.2 Å². The number of rotatable bonds is 4. The molecule has 2 fully saturated rings. The van der Waals surface area contributed by atoms with Crippen molar-refractivity contribution in [1.82, 2.24) is 5.32 Å². The summed E-state index contributed by atoms with van der Waals surface area (Å²) in [7, 11) is -7.15. The van der Waals surface area contributed by atoms with Gasteiger partial charge in [0.25, 0.3) is 5.91 Å². The minimum atomic E-state index is -3.83. The highest BCUT2D eigenvalue weighted by atomic mass is 35.5. The molecule has 3 rings (SSSR count). The number of hydrogen-bond acceptors (Lipinski definition) is 5. The number of carbonyl (C=O) groups is 1. The Bertz CT molecular complexity index is 889. The van der Waals surface area contributed by atoms with E-state index in [1.54, 1.807) is 0 Å². The highest BCUT2D eigenvalue weighted by Crippen LogP contribution is 2.28. The van der Waals surface area contributed by atoms with E-state index in [2.05, 4.69) is 5.32 Å². The third-order valence-electron chi connectivity index (χ3n) is 4.83. The van der Waals surface area contributed by atoms with Crippen molar-refractivity contribution in [3.63, 3.8) is 0 Å². The molecule has 1 N–H and O–H groups in total. The Morgan fingerprint density at radius 1 is 1.16 bits per heavy atom. The van der Waals surface area contributed by atoms with E-state index in [-0.39, 0.29) is 39.4 Å². The van der Waals surface area contributed by atoms with Gasteiger partial charge in [-0.05, 0) is 37.5 Å². The van der Waals surface area contributed by atoms with Gasteiger partial charge in [-0.25, -0.2) is 16.8 Å². The van der Waals surface area contributed by atoms with Crippen molar-refractivity contribution in [3.05, 3.63) is 28.8 Å². The molecule has 0 radical (unpaired) electrons. The number of halogens is 1. The predicted octanol–water partition coefficient (Wildman–Crippen LogP) is 1.97. The predicted molar refractivity (Wildman–Crippen MR) is 95.4 cm³/mol. The smallest absolute Gasteiger partial charge is 0.253 e. The molecule has 25 heavy (non-hydrogen) atoms. The Hall–Kier alpha value is -1.12. The van der Waals surface area contributed by atoms with Crippen LogP contribution in [0.3, 0.4) is 0 Å². The Morgan fingerprint density at radius 2 is 1.84 bits per heavy atom. The monoisotopic (exact) mass is 405 g/mol. The lowest BCUT2D eigenvalue weighted by Crippen LogP contribution is -2.33. The number of benzene rings is 1. The van der Waals surface area contributed by atoms with Crippen molar-refractivity contribution in [2.24, 2.45) is 0 Å². The zero-order valence-electron chi connectivity index (χ0n) is 13.6. The summed E-state index contributed by atoms with van der Waals surface area (Å²) in [5, 5.41) is 2.09. The van der Waals surface area contributed by atoms with Gasteiger partial charge in [0.05, 0.1) is 32.2 Å². The number of carbonyl (C=O) groups excluding carboxylic acids is 1. The molecule has 0 bridgehead atoms. The molecule has 1 aromatic rings. The van der Waals surface area contributed by atoms with Crippen molar-refractivity contribution >= 4 is 37.2 Å². The molecule has 138 valence electrons. The minimum absolute atomic E-state index is 0.0597. The molecule has 9 heteroatoms. The van der Waals surface area contributed by atoms with Gasteiger partial charge in [-0.2, -0.15) is 0 Å². The summed E-state index contributed by atoms with van der Waals surface area (Å²) in [5.41, 5.74) is 0.107. The Kier molecular flexibility index (Phi) is 5.14. The number of amides is 1. The molecule has 1 heterocycles. The first-order valence-corrected chi connectivity index (χ1v) is 12.0. The van der Waals surface area contributed by atoms with Gasteiger partial charge in [-0.1, -0.05) is 24.4 Å². The van der Waals surface area contributed by atoms with Gasteiger partial charge < -0.3 is 5.32 Å². The molecule has 0 aromatic heterocycles. The average molecular weight is 406 g/mol. The van der Waals surface area contributed by atoms with Crippen LogP contribution in [0.5, 0.6) is 0 Å². The molecule has 1 aliphatic carbocycles. The largest absolute Gasteiger partial charge is 0.349 e. The van der Waals surface area contributed by atoms with Crippen LogP contribution in [0.4, 0.5) is 0 Å². The first kappa shape index (κ1) is 18.7. The maximum absolute atomic E-state index is 12.7. The summed E-state index contributed by atoms with van der Waals surface area (Å²) in [4.78, 5) is 12.4. The molecular weight excluding hydrogens is 386 g/mol. The minimum Gasteiger partial charge on any atom is -0.349 e. The van der Waals surface area contributed by atoms with Crippen LogP contribution in [-0.2, 0) is 19.7 Å². The number of nitrogens with one attached hydrogen (secondary N) is 1. The van der Waals surface area contributed by atoms with Gasteiger partial charge >= 0.3 is 0 Å². The third kappa shape index (κ3) is 4.01. The molecule has 1 saturated carbocycles. The van der Waals surface area contributed by atoms with E-state index >= 15 is 0 Å². The second-order valence-electron chi connectivity index (χ2n) is 6.67. The van der Waals surface area contributed by atoms with Crippen LogP contribution in [0.15, 0.2) is 23.1 Å². The van der Waals surface area contributed by atoms with E-state index in [0.29, 0.717) is 0 Å². The molecule has 6 nitrogen and oxygen atoms in total. The van der Waals surface area contributed by atoms with Crippen molar-refractivity contribution in [2.45, 2.75) is 48.3 Å². The van der Waals surface area contributed by atoms with E-state index in [0.717, 1.165) is 25.7 Å². The average Bonchev–Trinajstić information content (AvgIpc) is 3.16. The van der Waals surface area contributed by atoms with Crippen molar-refractivity contribution in [3.8, 4) is 0 Å². The van der Waals surface area contributed by atoms with Gasteiger partial charge in [0.2, 0.25) is 0 Å². The van der Waals surface area contributed by atoms with E-state index in [1.807, 2.05) is 0 Å². The second kappa shape index (κ2) is 6.89. The third-order valence-corrected chi connectivity index (χ3v) is 9.33. The number of sulfone groups is 2. The number of hydrogen-bond donors (Lipinski definition) is 1. The van der Waals surface area contributed by atoms with Crippen molar-refractivity contribution in [2.75, 3.05) is 11.5 Å². The first-order chi connectivity index (χ1) is 11.7. The van der Waals surface area contributed by atoms with E-state index < -0.39 is 30.8 Å². The van der Waals surface area contributed by atoms with Gasteiger partial charge in [0.15, 0.2) is 19.7 Å². The first-order valence-electron chi connectivity index (χ1n) is 8.24. The van der Waals surface area contributed by atoms with Gasteiger partial charge in [-0.3, -0.25) is 4.79 Å². The fourth-order valence-corrected chi connectivity index (χ4v) is 7.97. The summed E-state index contributed by atoms with van der Waals surface area (Å²) in [6.45, 7) is 0. The quantitative estimate of drug-likeness (QED) is 0.825. The fraction of sp³-hybridized carbons (Fsp3) is 0.562. The van der Waals surface area contributed by atoms with Crippen LogP contribution < -0.4 is 5.32 Å². The van der Waals surface area contributed by atoms with Crippen LogP contribution >= 0.6 is 11.6 Å². The van der Waals surface area contributed by atoms with Crippen LogP contribution in [0.1, 0.15) is 42.5 Å². The summed E-state index contributed by atoms with van der Waals surface area (Å²) < 4.78 is 48.6. The molecule has 1 atom stereocenters. The van der Waals surface area contributed by atoms with Crippen LogP contribution in [0, 0.1) is 0 Å². The zero-order chi connectivity index (χ0) is 18.2. The highest BCUT2D eigenvalue weighted by molar-refractivity contribution is 7.96. The van der Waals surface area contributed by atoms with Crippen LogP contribution in [0.25, 0.3) is 0 Å². The lowest BCUT2D eigenvalue weighted by molar-refractivity contribution is 0.0938. The van der Waals surface area contributed by atoms with Crippen molar-refractivity contribution < 1.29 is 21.6 Å². The molecule has 1 amide bonds. The molecule has 1 unspecified atom stereocenters.